The van der Waals surface area contributed by atoms with E-state index in [1.165, 1.54) is 19.8 Å². The fourth-order valence-electron chi connectivity index (χ4n) is 6.51. The minimum atomic E-state index is -1.30. The minimum absolute atomic E-state index is 0.197. The lowest BCUT2D eigenvalue weighted by Gasteiger charge is -2.32. The highest BCUT2D eigenvalue weighted by molar-refractivity contribution is 6.46. The zero-order valence-corrected chi connectivity index (χ0v) is 19.6. The van der Waals surface area contributed by atoms with Gasteiger partial charge in [-0.1, -0.05) is 37.3 Å². The Balaban J connectivity index is 1.74. The molecule has 168 valence electrons. The van der Waals surface area contributed by atoms with E-state index in [9.17, 15) is 9.59 Å². The number of esters is 2. The summed E-state index contributed by atoms with van der Waals surface area (Å²) >= 11 is 0. The van der Waals surface area contributed by atoms with Crippen molar-refractivity contribution in [3.8, 4) is 0 Å². The molecule has 0 spiro atoms. The first-order valence-corrected chi connectivity index (χ1v) is 11.0. The number of methoxy groups -OCH3 is 2. The van der Waals surface area contributed by atoms with E-state index in [0.29, 0.717) is 19.2 Å². The van der Waals surface area contributed by atoms with Gasteiger partial charge < -0.3 is 18.8 Å². The van der Waals surface area contributed by atoms with Gasteiger partial charge in [0.1, 0.15) is 0 Å². The van der Waals surface area contributed by atoms with Gasteiger partial charge in [-0.2, -0.15) is 0 Å². The van der Waals surface area contributed by atoms with Crippen molar-refractivity contribution in [3.63, 3.8) is 0 Å². The molecule has 1 aromatic carbocycles. The maximum absolute atomic E-state index is 12.9. The fourth-order valence-corrected chi connectivity index (χ4v) is 6.51. The Labute approximate surface area is 185 Å². The molecule has 3 aliphatic rings. The molecule has 6 nitrogen and oxygen atoms in total. The van der Waals surface area contributed by atoms with Crippen LogP contribution in [-0.2, 0) is 28.4 Å². The van der Waals surface area contributed by atoms with E-state index >= 15 is 0 Å². The average Bonchev–Trinajstić information content (AvgIpc) is 2.93. The fraction of sp³-hybridized carbons (Fsp3) is 0.667. The third-order valence-electron chi connectivity index (χ3n) is 8.65. The van der Waals surface area contributed by atoms with Gasteiger partial charge in [-0.3, -0.25) is 9.59 Å². The molecule has 3 atom stereocenters. The van der Waals surface area contributed by atoms with Gasteiger partial charge in [0.25, 0.3) is 0 Å². The monoisotopic (exact) mass is 428 g/mol. The second kappa shape index (κ2) is 6.82. The first-order valence-electron chi connectivity index (χ1n) is 11.0. The molecule has 1 saturated heterocycles. The number of rotatable bonds is 5. The third-order valence-corrected chi connectivity index (χ3v) is 8.65. The largest absolute Gasteiger partial charge is 0.468 e. The van der Waals surface area contributed by atoms with Gasteiger partial charge in [0, 0.05) is 0 Å². The highest BCUT2D eigenvalue weighted by Gasteiger charge is 2.84. The molecular formula is C24H33BO6. The average molecular weight is 428 g/mol. The maximum atomic E-state index is 12.9. The SMILES string of the molecule is COC(=O)C1(C(=O)OC)C[C@]2(CB3OC(C)(C)C(C)(C)O3)[C@@H](c3ccccc3)[C@]2(C)C1. The Hall–Kier alpha value is -1.86. The summed E-state index contributed by atoms with van der Waals surface area (Å²) in [5.41, 5.74) is -1.58. The van der Waals surface area contributed by atoms with Crippen LogP contribution in [0.4, 0.5) is 0 Å². The number of carbonyl (C=O) groups is 2. The lowest BCUT2D eigenvalue weighted by atomic mass is 9.69. The van der Waals surface area contributed by atoms with Crippen LogP contribution in [0.5, 0.6) is 0 Å². The second-order valence-electron chi connectivity index (χ2n) is 10.7. The summed E-state index contributed by atoms with van der Waals surface area (Å²) < 4.78 is 22.9. The van der Waals surface area contributed by atoms with Gasteiger partial charge in [-0.15, -0.1) is 0 Å². The zero-order valence-electron chi connectivity index (χ0n) is 19.6. The van der Waals surface area contributed by atoms with E-state index in [1.807, 2.05) is 45.9 Å². The molecule has 31 heavy (non-hydrogen) atoms. The molecule has 2 aliphatic carbocycles. The van der Waals surface area contributed by atoms with Crippen molar-refractivity contribution in [1.29, 1.82) is 0 Å². The first-order chi connectivity index (χ1) is 14.4. The van der Waals surface area contributed by atoms with Crippen LogP contribution in [0.15, 0.2) is 30.3 Å². The smallest absolute Gasteiger partial charge is 0.458 e. The Morgan fingerprint density at radius 2 is 1.45 bits per heavy atom. The molecule has 0 unspecified atom stereocenters. The summed E-state index contributed by atoms with van der Waals surface area (Å²) in [6.07, 6.45) is 1.35. The molecule has 0 bridgehead atoms. The standard InChI is InChI=1S/C24H33BO6/c1-20(2)21(3,4)31-25(30-20)15-24-14-23(18(26)28-6,19(27)29-7)13-22(24,5)17(24)16-11-9-8-10-12-16/h8-12,17H,13-15H2,1-7H3/t17-,22-,24-/m0/s1. The number of hydrogen-bond acceptors (Lipinski definition) is 6. The van der Waals surface area contributed by atoms with Gasteiger partial charge in [0.05, 0.1) is 25.4 Å². The van der Waals surface area contributed by atoms with E-state index in [4.69, 9.17) is 18.8 Å². The normalized spacial score (nSPS) is 34.2. The predicted octanol–water partition coefficient (Wildman–Crippen LogP) is 3.99. The molecule has 2 saturated carbocycles. The Kier molecular flexibility index (Phi) is 4.92. The lowest BCUT2D eigenvalue weighted by molar-refractivity contribution is -0.170. The van der Waals surface area contributed by atoms with E-state index in [-0.39, 0.29) is 16.7 Å². The quantitative estimate of drug-likeness (QED) is 0.401. The summed E-state index contributed by atoms with van der Waals surface area (Å²) in [6, 6.07) is 10.3. The zero-order chi connectivity index (χ0) is 22.9. The van der Waals surface area contributed by atoms with Crippen LogP contribution in [-0.4, -0.2) is 44.5 Å². The van der Waals surface area contributed by atoms with Gasteiger partial charge in [-0.25, -0.2) is 0 Å². The number of ether oxygens (including phenoxy) is 2. The molecule has 0 radical (unpaired) electrons. The molecule has 1 aliphatic heterocycles. The van der Waals surface area contributed by atoms with Crippen LogP contribution in [0.3, 0.4) is 0 Å². The molecule has 0 amide bonds. The molecule has 7 heteroatoms. The van der Waals surface area contributed by atoms with E-state index in [0.717, 1.165) is 0 Å². The Morgan fingerprint density at radius 3 is 1.94 bits per heavy atom. The van der Waals surface area contributed by atoms with Crippen LogP contribution in [0.1, 0.15) is 58.9 Å². The van der Waals surface area contributed by atoms with Crippen LogP contribution in [0.2, 0.25) is 6.32 Å². The Bertz CT molecular complexity index is 865. The van der Waals surface area contributed by atoms with Crippen molar-refractivity contribution in [1.82, 2.24) is 0 Å². The number of hydrogen-bond donors (Lipinski definition) is 0. The molecule has 1 aromatic rings. The molecular weight excluding hydrogens is 395 g/mol. The van der Waals surface area contributed by atoms with Crippen LogP contribution in [0, 0.1) is 16.2 Å². The first kappa shape index (κ1) is 22.3. The highest BCUT2D eigenvalue weighted by Crippen LogP contribution is 2.87. The molecule has 0 N–H and O–H groups in total. The molecule has 0 aromatic heterocycles. The van der Waals surface area contributed by atoms with Crippen LogP contribution < -0.4 is 0 Å². The predicted molar refractivity (Wildman–Crippen MR) is 116 cm³/mol. The molecule has 1 heterocycles. The molecule has 3 fully saturated rings. The summed E-state index contributed by atoms with van der Waals surface area (Å²) in [4.78, 5) is 25.8. The van der Waals surface area contributed by atoms with Gasteiger partial charge in [-0.05, 0) is 69.2 Å². The van der Waals surface area contributed by atoms with Crippen molar-refractivity contribution >= 4 is 19.1 Å². The van der Waals surface area contributed by atoms with E-state index in [2.05, 4.69) is 19.1 Å². The van der Waals surface area contributed by atoms with E-state index in [1.54, 1.807) is 0 Å². The van der Waals surface area contributed by atoms with Crippen LogP contribution >= 0.6 is 0 Å². The van der Waals surface area contributed by atoms with Crippen molar-refractivity contribution < 1.29 is 28.4 Å². The summed E-state index contributed by atoms with van der Waals surface area (Å²) in [6.45, 7) is 10.3. The van der Waals surface area contributed by atoms with Crippen molar-refractivity contribution in [3.05, 3.63) is 35.9 Å². The summed E-state index contributed by atoms with van der Waals surface area (Å²) in [5, 5.41) is 0. The number of fused-ring (bicyclic) bond motifs is 1. The maximum Gasteiger partial charge on any atom is 0.458 e. The van der Waals surface area contributed by atoms with Crippen molar-refractivity contribution in [2.45, 2.75) is 70.9 Å². The van der Waals surface area contributed by atoms with Gasteiger partial charge in [0.15, 0.2) is 5.41 Å². The van der Waals surface area contributed by atoms with Gasteiger partial charge in [0.2, 0.25) is 0 Å². The minimum Gasteiger partial charge on any atom is -0.468 e. The van der Waals surface area contributed by atoms with Crippen molar-refractivity contribution in [2.75, 3.05) is 14.2 Å². The Morgan fingerprint density at radius 1 is 0.935 bits per heavy atom. The highest BCUT2D eigenvalue weighted by atomic mass is 16.7. The molecule has 4 rings (SSSR count). The third kappa shape index (κ3) is 2.92. The number of benzene rings is 1. The number of carbonyl (C=O) groups excluding carboxylic acids is 2. The summed E-state index contributed by atoms with van der Waals surface area (Å²) in [5.74, 6) is -0.844. The second-order valence-corrected chi connectivity index (χ2v) is 10.7. The van der Waals surface area contributed by atoms with E-state index < -0.39 is 35.7 Å². The van der Waals surface area contributed by atoms with Crippen LogP contribution in [0.25, 0.3) is 0 Å². The van der Waals surface area contributed by atoms with Gasteiger partial charge >= 0.3 is 19.1 Å². The summed E-state index contributed by atoms with van der Waals surface area (Å²) in [7, 11) is 2.24. The van der Waals surface area contributed by atoms with Crippen molar-refractivity contribution in [2.24, 2.45) is 16.2 Å². The lowest BCUT2D eigenvalue weighted by Crippen LogP contribution is -2.42. The topological polar surface area (TPSA) is 71.1 Å².